The van der Waals surface area contributed by atoms with E-state index in [4.69, 9.17) is 0 Å². The van der Waals surface area contributed by atoms with Crippen molar-refractivity contribution in [1.82, 2.24) is 33.9 Å². The average Bonchev–Trinajstić information content (AvgIpc) is 3.64. The molecule has 1 fully saturated rings. The molecule has 0 amide bonds. The molecule has 1 saturated heterocycles. The van der Waals surface area contributed by atoms with Gasteiger partial charge < -0.3 is 15.3 Å². The molecule has 0 aliphatic carbocycles. The maximum absolute atomic E-state index is 12.9. The molecule has 42 heavy (non-hydrogen) atoms. The third-order valence-corrected chi connectivity index (χ3v) is 7.71. The molecule has 1 aliphatic heterocycles. The summed E-state index contributed by atoms with van der Waals surface area (Å²) in [5, 5.41) is 20.1. The maximum atomic E-state index is 12.9. The van der Waals surface area contributed by atoms with Crippen LogP contribution >= 0.6 is 0 Å². The number of pyridine rings is 1. The topological polar surface area (TPSA) is 144 Å². The van der Waals surface area contributed by atoms with Crippen LogP contribution in [0.5, 0.6) is 0 Å². The van der Waals surface area contributed by atoms with Gasteiger partial charge in [0, 0.05) is 44.4 Å². The summed E-state index contributed by atoms with van der Waals surface area (Å²) in [6, 6.07) is 3.39. The Morgan fingerprint density at radius 2 is 1.83 bits per heavy atom. The Balaban J connectivity index is 1.44. The normalized spacial score (nSPS) is 15.2. The fourth-order valence-electron chi connectivity index (χ4n) is 4.28. The molecule has 220 valence electrons. The molecule has 4 aromatic heterocycles. The van der Waals surface area contributed by atoms with E-state index in [0.717, 1.165) is 35.6 Å². The highest BCUT2D eigenvalue weighted by Gasteiger charge is 2.32. The number of anilines is 3. The van der Waals surface area contributed by atoms with Crippen LogP contribution in [0.1, 0.15) is 30.9 Å². The van der Waals surface area contributed by atoms with Crippen molar-refractivity contribution in [1.29, 1.82) is 0 Å². The van der Waals surface area contributed by atoms with Crippen LogP contribution in [0.2, 0.25) is 0 Å². The van der Waals surface area contributed by atoms with Gasteiger partial charge in [0.2, 0.25) is 0 Å². The molecule has 12 nitrogen and oxygen atoms in total. The summed E-state index contributed by atoms with van der Waals surface area (Å²) >= 11 is 0. The highest BCUT2D eigenvalue weighted by molar-refractivity contribution is 7.89. The van der Waals surface area contributed by atoms with Gasteiger partial charge in [-0.3, -0.25) is 0 Å². The first kappa shape index (κ1) is 29.0. The van der Waals surface area contributed by atoms with Gasteiger partial charge in [0.05, 0.1) is 47.2 Å². The zero-order valence-corrected chi connectivity index (χ0v) is 23.4. The number of alkyl halides is 3. The average molecular weight is 602 g/mol. The Hall–Kier alpha value is -4.49. The molecule has 5 heterocycles. The number of halogens is 3. The van der Waals surface area contributed by atoms with Gasteiger partial charge >= 0.3 is 6.30 Å². The Labute approximate surface area is 239 Å². The lowest BCUT2D eigenvalue weighted by Crippen LogP contribution is -2.40. The van der Waals surface area contributed by atoms with Crippen LogP contribution in [0, 0.1) is 17.3 Å². The van der Waals surface area contributed by atoms with E-state index in [2.05, 4.69) is 47.2 Å². The monoisotopic (exact) mass is 601 g/mol. The second-order valence-electron chi connectivity index (χ2n) is 10.2. The molecular weight excluding hydrogens is 575 g/mol. The minimum Gasteiger partial charge on any atom is -0.396 e. The van der Waals surface area contributed by atoms with Crippen molar-refractivity contribution < 1.29 is 26.7 Å². The molecule has 4 aromatic rings. The van der Waals surface area contributed by atoms with E-state index in [1.54, 1.807) is 12.1 Å². The van der Waals surface area contributed by atoms with Crippen LogP contribution in [0.4, 0.5) is 30.5 Å². The number of piperidine rings is 1. The van der Waals surface area contributed by atoms with Crippen LogP contribution in [0.3, 0.4) is 0 Å². The van der Waals surface area contributed by atoms with Crippen LogP contribution in [-0.2, 0) is 16.3 Å². The molecule has 1 aliphatic rings. The lowest BCUT2D eigenvalue weighted by Gasteiger charge is -2.39. The minimum atomic E-state index is -4.64. The summed E-state index contributed by atoms with van der Waals surface area (Å²) in [5.41, 5.74) is 1.51. The van der Waals surface area contributed by atoms with Gasteiger partial charge in [-0.2, -0.15) is 19.0 Å². The van der Waals surface area contributed by atoms with Crippen molar-refractivity contribution in [2.24, 2.45) is 5.41 Å². The molecule has 0 atom stereocenters. The van der Waals surface area contributed by atoms with Crippen molar-refractivity contribution in [3.63, 3.8) is 0 Å². The number of aliphatic hydroxyl groups excluding tert-OH is 1. The zero-order chi connectivity index (χ0) is 30.1. The molecule has 5 rings (SSSR count). The second kappa shape index (κ2) is 11.1. The van der Waals surface area contributed by atoms with Gasteiger partial charge in [0.25, 0.3) is 10.0 Å². The number of aliphatic hydroxyl groups is 1. The summed E-state index contributed by atoms with van der Waals surface area (Å²) in [5.74, 6) is 6.72. The lowest BCUT2D eigenvalue weighted by molar-refractivity contribution is -0.212. The van der Waals surface area contributed by atoms with E-state index in [-0.39, 0.29) is 28.1 Å². The highest BCUT2D eigenvalue weighted by Crippen LogP contribution is 2.34. The molecule has 0 unspecified atom stereocenters. The van der Waals surface area contributed by atoms with Crippen LogP contribution in [0.25, 0.3) is 11.4 Å². The number of nitrogens with zero attached hydrogens (tertiary/aromatic N) is 8. The quantitative estimate of drug-likeness (QED) is 0.317. The number of hydrogen-bond donors (Lipinski definition) is 2. The Bertz CT molecular complexity index is 1770. The summed E-state index contributed by atoms with van der Waals surface area (Å²) in [6.45, 7) is 3.35. The second-order valence-corrected chi connectivity index (χ2v) is 12.0. The van der Waals surface area contributed by atoms with Crippen LogP contribution in [-0.4, -0.2) is 73.4 Å². The van der Waals surface area contributed by atoms with E-state index in [1.807, 2.05) is 6.92 Å². The minimum absolute atomic E-state index is 0.0684. The molecule has 0 radical (unpaired) electrons. The standard InChI is InChI=1S/C26H26F3N9O3S/c1-25(17-39)6-9-36(10-7-25)21-11-23(31-13-19(21)4-3-18-12-32-37(15-18)26(27,28)29)34-22-5-8-30-24(35-22)20-14-33-38(16-20)42(2,40)41/h5,8,11-16,39H,6-7,9-10,17H2,1-2H3,(H,30,31,34,35). The number of aromatic nitrogens is 7. The molecular formula is C26H26F3N9O3S. The first-order valence-electron chi connectivity index (χ1n) is 12.7. The van der Waals surface area contributed by atoms with Crippen molar-refractivity contribution in [2.45, 2.75) is 26.1 Å². The molecule has 2 N–H and O–H groups in total. The summed E-state index contributed by atoms with van der Waals surface area (Å²) < 4.78 is 63.0. The molecule has 16 heteroatoms. The predicted octanol–water partition coefficient (Wildman–Crippen LogP) is 2.96. The van der Waals surface area contributed by atoms with Gasteiger partial charge in [-0.25, -0.2) is 23.4 Å². The molecule has 0 spiro atoms. The largest absolute Gasteiger partial charge is 0.504 e. The zero-order valence-electron chi connectivity index (χ0n) is 22.5. The first-order valence-corrected chi connectivity index (χ1v) is 14.5. The summed E-state index contributed by atoms with van der Waals surface area (Å²) in [7, 11) is -3.57. The fraction of sp³-hybridized carbons (Fsp3) is 0.346. The van der Waals surface area contributed by atoms with Crippen LogP contribution < -0.4 is 10.2 Å². The summed E-state index contributed by atoms with van der Waals surface area (Å²) in [4.78, 5) is 15.2. The predicted molar refractivity (Wildman–Crippen MR) is 147 cm³/mol. The highest BCUT2D eigenvalue weighted by atomic mass is 32.2. The fourth-order valence-corrected chi connectivity index (χ4v) is 4.81. The Kier molecular flexibility index (Phi) is 7.64. The SMILES string of the molecule is CC1(CO)CCN(c2cc(Nc3ccnc(-c4cnn(S(C)(=O)=O)c4)n3)ncc2C#Cc2cnn(C(F)(F)F)c2)CC1. The van der Waals surface area contributed by atoms with Gasteiger partial charge in [-0.05, 0) is 24.3 Å². The first-order chi connectivity index (χ1) is 19.8. The van der Waals surface area contributed by atoms with Crippen molar-refractivity contribution in [3.8, 4) is 23.2 Å². The number of nitrogens with one attached hydrogen (secondary N) is 1. The van der Waals surface area contributed by atoms with Gasteiger partial charge in [-0.1, -0.05) is 18.8 Å². The molecule has 0 aromatic carbocycles. The van der Waals surface area contributed by atoms with E-state index in [9.17, 15) is 26.7 Å². The van der Waals surface area contributed by atoms with Gasteiger partial charge in [0.1, 0.15) is 11.6 Å². The van der Waals surface area contributed by atoms with Gasteiger partial charge in [-0.15, -0.1) is 13.2 Å². The lowest BCUT2D eigenvalue weighted by atomic mass is 9.81. The van der Waals surface area contributed by atoms with Crippen molar-refractivity contribution >= 4 is 27.3 Å². The molecule has 0 saturated carbocycles. The van der Waals surface area contributed by atoms with Crippen molar-refractivity contribution in [3.05, 3.63) is 60.4 Å². The van der Waals surface area contributed by atoms with E-state index < -0.39 is 16.3 Å². The third-order valence-electron chi connectivity index (χ3n) is 6.83. The van der Waals surface area contributed by atoms with E-state index in [1.165, 1.54) is 24.8 Å². The van der Waals surface area contributed by atoms with E-state index in [0.29, 0.717) is 41.5 Å². The maximum Gasteiger partial charge on any atom is 0.504 e. The van der Waals surface area contributed by atoms with Crippen LogP contribution in [0.15, 0.2) is 49.3 Å². The Morgan fingerprint density at radius 1 is 1.07 bits per heavy atom. The smallest absolute Gasteiger partial charge is 0.396 e. The van der Waals surface area contributed by atoms with E-state index >= 15 is 0 Å². The number of rotatable bonds is 6. The number of hydrogen-bond acceptors (Lipinski definition) is 10. The third kappa shape index (κ3) is 6.52. The Morgan fingerprint density at radius 3 is 2.48 bits per heavy atom. The molecule has 0 bridgehead atoms. The van der Waals surface area contributed by atoms with Crippen molar-refractivity contribution in [2.75, 3.05) is 36.2 Å². The summed E-state index contributed by atoms with van der Waals surface area (Å²) in [6.07, 6.45) is 5.41. The van der Waals surface area contributed by atoms with Gasteiger partial charge in [0.15, 0.2) is 5.82 Å².